The largest absolute Gasteiger partial charge is 0.449 e. The van der Waals surface area contributed by atoms with Gasteiger partial charge in [0.25, 0.3) is 0 Å². The van der Waals surface area contributed by atoms with Crippen LogP contribution in [0.5, 0.6) is 0 Å². The lowest BCUT2D eigenvalue weighted by atomic mass is 9.45. The van der Waals surface area contributed by atoms with Gasteiger partial charge in [-0.15, -0.1) is 0 Å². The number of piperidine rings is 1. The average molecular weight is 502 g/mol. The predicted octanol–water partition coefficient (Wildman–Crippen LogP) is 6.28. The zero-order valence-electron chi connectivity index (χ0n) is 23.6. The number of hydrogen-bond donors (Lipinski definition) is 1. The van der Waals surface area contributed by atoms with Gasteiger partial charge in [-0.3, -0.25) is 0 Å². The van der Waals surface area contributed by atoms with E-state index in [1.807, 2.05) is 14.0 Å². The van der Waals surface area contributed by atoms with Crippen molar-refractivity contribution in [3.05, 3.63) is 0 Å². The van der Waals surface area contributed by atoms with Crippen LogP contribution in [-0.2, 0) is 9.47 Å². The summed E-state index contributed by atoms with van der Waals surface area (Å²) < 4.78 is 12.2. The van der Waals surface area contributed by atoms with E-state index in [0.29, 0.717) is 66.7 Å². The normalized spacial score (nSPS) is 49.4. The molecule has 1 spiro atoms. The number of fused-ring (bicyclic) bond motifs is 4. The highest BCUT2D eigenvalue weighted by Gasteiger charge is 2.77. The van der Waals surface area contributed by atoms with Crippen LogP contribution in [0.4, 0.5) is 4.79 Å². The summed E-state index contributed by atoms with van der Waals surface area (Å²) >= 11 is 0. The van der Waals surface area contributed by atoms with Gasteiger partial charge in [0.2, 0.25) is 0 Å². The fraction of sp³-hybridized carbons (Fsp3) is 0.968. The van der Waals surface area contributed by atoms with Crippen LogP contribution < -0.4 is 0 Å². The van der Waals surface area contributed by atoms with E-state index >= 15 is 0 Å². The van der Waals surface area contributed by atoms with Crippen LogP contribution in [-0.4, -0.2) is 54.6 Å². The Bertz CT molecular complexity index is 869. The highest BCUT2D eigenvalue weighted by molar-refractivity contribution is 5.67. The number of nitrogens with zero attached hydrogens (tertiary/aromatic N) is 1. The summed E-state index contributed by atoms with van der Waals surface area (Å²) in [4.78, 5) is 14.6. The Morgan fingerprint density at radius 2 is 1.81 bits per heavy atom. The van der Waals surface area contributed by atoms with Crippen LogP contribution in [0.15, 0.2) is 0 Å². The van der Waals surface area contributed by atoms with Crippen molar-refractivity contribution in [3.63, 3.8) is 0 Å². The first-order valence-corrected chi connectivity index (χ1v) is 15.3. The first kappa shape index (κ1) is 25.5. The summed E-state index contributed by atoms with van der Waals surface area (Å²) in [5.74, 6) is 4.42. The molecule has 1 amide bonds. The van der Waals surface area contributed by atoms with Gasteiger partial charge >= 0.3 is 6.09 Å². The smallest absolute Gasteiger partial charge is 0.409 e. The molecule has 5 saturated carbocycles. The minimum absolute atomic E-state index is 0.183. The van der Waals surface area contributed by atoms with E-state index in [1.165, 1.54) is 51.4 Å². The lowest BCUT2D eigenvalue weighted by molar-refractivity contribution is -0.161. The van der Waals surface area contributed by atoms with Gasteiger partial charge in [-0.2, -0.15) is 0 Å². The number of rotatable bonds is 5. The van der Waals surface area contributed by atoms with Gasteiger partial charge in [-0.05, 0) is 117 Å². The molecule has 5 aliphatic carbocycles. The fourth-order valence-corrected chi connectivity index (χ4v) is 11.4. The maximum atomic E-state index is 12.8. The molecule has 6 aliphatic rings. The van der Waals surface area contributed by atoms with Gasteiger partial charge < -0.3 is 19.5 Å². The number of carbonyl (C=O) groups is 1. The van der Waals surface area contributed by atoms with Crippen molar-refractivity contribution in [2.24, 2.45) is 51.8 Å². The molecule has 0 aromatic heterocycles. The third-order valence-corrected chi connectivity index (χ3v) is 13.7. The number of hydrogen-bond acceptors (Lipinski definition) is 4. The van der Waals surface area contributed by atoms with Crippen LogP contribution in [0.3, 0.4) is 0 Å². The molecule has 1 aliphatic heterocycles. The van der Waals surface area contributed by atoms with Gasteiger partial charge in [0.05, 0.1) is 18.3 Å². The number of ether oxygens (including phenoxy) is 2. The lowest BCUT2D eigenvalue weighted by Crippen LogP contribution is -2.57. The molecule has 5 nitrogen and oxygen atoms in total. The van der Waals surface area contributed by atoms with Crippen molar-refractivity contribution < 1.29 is 19.4 Å². The quantitative estimate of drug-likeness (QED) is 0.482. The van der Waals surface area contributed by atoms with E-state index in [0.717, 1.165) is 30.1 Å². The van der Waals surface area contributed by atoms with Crippen LogP contribution >= 0.6 is 0 Å². The van der Waals surface area contributed by atoms with Gasteiger partial charge in [-0.25, -0.2) is 4.79 Å². The van der Waals surface area contributed by atoms with E-state index in [1.54, 1.807) is 4.90 Å². The molecule has 0 aromatic rings. The molecule has 10 atom stereocenters. The van der Waals surface area contributed by atoms with Crippen molar-refractivity contribution in [1.29, 1.82) is 0 Å². The number of amides is 1. The molecule has 204 valence electrons. The molecule has 2 unspecified atom stereocenters. The second kappa shape index (κ2) is 8.60. The molecule has 5 heteroatoms. The zero-order valence-corrected chi connectivity index (χ0v) is 23.6. The third kappa shape index (κ3) is 3.43. The minimum atomic E-state index is -0.604. The molecule has 1 N–H and O–H groups in total. The van der Waals surface area contributed by atoms with Crippen molar-refractivity contribution in [1.82, 2.24) is 4.90 Å². The maximum Gasteiger partial charge on any atom is 0.409 e. The summed E-state index contributed by atoms with van der Waals surface area (Å²) in [7, 11) is 1.98. The van der Waals surface area contributed by atoms with Crippen molar-refractivity contribution in [2.45, 2.75) is 110 Å². The number of carbonyl (C=O) groups excluding carboxylic acids is 1. The van der Waals surface area contributed by atoms with E-state index in [4.69, 9.17) is 9.47 Å². The van der Waals surface area contributed by atoms with Crippen molar-refractivity contribution >= 4 is 6.09 Å². The van der Waals surface area contributed by atoms with E-state index < -0.39 is 5.60 Å². The van der Waals surface area contributed by atoms with Crippen LogP contribution in [0.2, 0.25) is 0 Å². The van der Waals surface area contributed by atoms with Crippen LogP contribution in [0.25, 0.3) is 0 Å². The lowest BCUT2D eigenvalue weighted by Gasteiger charge is -2.61. The molecular weight excluding hydrogens is 450 g/mol. The first-order chi connectivity index (χ1) is 17.1. The Morgan fingerprint density at radius 3 is 2.47 bits per heavy atom. The highest BCUT2D eigenvalue weighted by Crippen LogP contribution is 2.82. The summed E-state index contributed by atoms with van der Waals surface area (Å²) in [5, 5.41) is 10.5. The molecular formula is C31H51NO4. The Labute approximate surface area is 219 Å². The first-order valence-electron chi connectivity index (χ1n) is 15.3. The van der Waals surface area contributed by atoms with E-state index in [9.17, 15) is 9.90 Å². The summed E-state index contributed by atoms with van der Waals surface area (Å²) in [6, 6.07) is 0. The minimum Gasteiger partial charge on any atom is -0.449 e. The SMILES string of the molecule is CCC1(O)CCN(C(=O)OC[C@@H](C)[C@H]2CC[C@H]3[C@@H]4CC(OC)[C@]56CC5CC[C@]6(C)[C@H]4CC[C@]23C)CC1. The molecule has 6 fully saturated rings. The Hall–Kier alpha value is -0.810. The van der Waals surface area contributed by atoms with Crippen molar-refractivity contribution in [3.8, 4) is 0 Å². The van der Waals surface area contributed by atoms with Gasteiger partial charge in [0, 0.05) is 25.6 Å². The van der Waals surface area contributed by atoms with E-state index in [2.05, 4.69) is 20.8 Å². The summed E-state index contributed by atoms with van der Waals surface area (Å²) in [6.07, 6.45) is 13.2. The molecule has 36 heavy (non-hydrogen) atoms. The Morgan fingerprint density at radius 1 is 1.06 bits per heavy atom. The molecule has 0 radical (unpaired) electrons. The average Bonchev–Trinajstić information content (AvgIpc) is 3.38. The second-order valence-corrected chi connectivity index (χ2v) is 14.6. The van der Waals surface area contributed by atoms with Crippen molar-refractivity contribution in [2.75, 3.05) is 26.8 Å². The number of aliphatic hydroxyl groups is 1. The monoisotopic (exact) mass is 501 g/mol. The molecule has 1 saturated heterocycles. The predicted molar refractivity (Wildman–Crippen MR) is 140 cm³/mol. The second-order valence-electron chi connectivity index (χ2n) is 14.6. The summed E-state index contributed by atoms with van der Waals surface area (Å²) in [6.45, 7) is 11.3. The Balaban J connectivity index is 1.10. The number of methoxy groups -OCH3 is 1. The zero-order chi connectivity index (χ0) is 25.5. The standard InChI is InChI=1S/C31H51NO4/c1-6-30(34)13-15-32(16-14-30)27(33)36-19-20(2)23-7-8-24-22-17-26(35-5)31-18-21(31)9-12-29(31,4)25(22)10-11-28(23,24)3/h20-26,34H,6-19H2,1-5H3/t20-,21?,22+,23-,24+,25+,26?,28-,29-,31+/m1/s1. The topological polar surface area (TPSA) is 59.0 Å². The van der Waals surface area contributed by atoms with Gasteiger partial charge in [0.1, 0.15) is 0 Å². The summed E-state index contributed by atoms with van der Waals surface area (Å²) in [5.41, 5.74) is 0.737. The molecule has 0 aromatic carbocycles. The van der Waals surface area contributed by atoms with Crippen LogP contribution in [0, 0.1) is 51.8 Å². The third-order valence-electron chi connectivity index (χ3n) is 13.7. The maximum absolute atomic E-state index is 12.8. The Kier molecular flexibility index (Phi) is 6.08. The molecule has 0 bridgehead atoms. The van der Waals surface area contributed by atoms with E-state index in [-0.39, 0.29) is 6.09 Å². The van der Waals surface area contributed by atoms with Crippen LogP contribution in [0.1, 0.15) is 98.3 Å². The van der Waals surface area contributed by atoms with Gasteiger partial charge in [0.15, 0.2) is 0 Å². The molecule has 1 heterocycles. The van der Waals surface area contributed by atoms with Gasteiger partial charge in [-0.1, -0.05) is 27.7 Å². The highest BCUT2D eigenvalue weighted by atomic mass is 16.6. The molecule has 6 rings (SSSR count). The fourth-order valence-electron chi connectivity index (χ4n) is 11.4. The number of likely N-dealkylation sites (tertiary alicyclic amines) is 1.